The maximum absolute atomic E-state index is 12.2. The maximum Gasteiger partial charge on any atom is 0.240 e. The second-order valence-electron chi connectivity index (χ2n) is 5.19. The van der Waals surface area contributed by atoms with Gasteiger partial charge in [0.15, 0.2) is 5.96 Å². The van der Waals surface area contributed by atoms with Crippen LogP contribution >= 0.6 is 11.6 Å². The third kappa shape index (κ3) is 6.38. The highest BCUT2D eigenvalue weighted by atomic mass is 35.5. The molecule has 0 atom stereocenters. The van der Waals surface area contributed by atoms with Gasteiger partial charge in [0.25, 0.3) is 0 Å². The number of rotatable bonds is 7. The Morgan fingerprint density at radius 2 is 1.80 bits per heavy atom. The Morgan fingerprint density at radius 1 is 1.04 bits per heavy atom. The van der Waals surface area contributed by atoms with Crippen LogP contribution in [-0.2, 0) is 16.6 Å². The van der Waals surface area contributed by atoms with Crippen molar-refractivity contribution < 1.29 is 8.42 Å². The molecular weight excluding hydrogens is 360 g/mol. The van der Waals surface area contributed by atoms with Crippen LogP contribution in [0.2, 0.25) is 5.02 Å². The fourth-order valence-corrected chi connectivity index (χ4v) is 3.42. The maximum atomic E-state index is 12.2. The molecule has 134 valence electrons. The minimum absolute atomic E-state index is 0.145. The van der Waals surface area contributed by atoms with Crippen LogP contribution in [0.15, 0.2) is 64.5 Å². The first-order chi connectivity index (χ1) is 12.0. The van der Waals surface area contributed by atoms with Crippen molar-refractivity contribution in [3.05, 3.63) is 65.2 Å². The van der Waals surface area contributed by atoms with E-state index in [1.807, 2.05) is 30.3 Å². The SMILES string of the molecule is CN=C(NCCNS(=O)(=O)c1cccc(Cl)c1)NCc1ccccc1. The summed E-state index contributed by atoms with van der Waals surface area (Å²) in [6, 6.07) is 16.1. The van der Waals surface area contributed by atoms with Gasteiger partial charge in [0.1, 0.15) is 0 Å². The molecule has 0 aliphatic carbocycles. The summed E-state index contributed by atoms with van der Waals surface area (Å²) in [5.74, 6) is 0.603. The van der Waals surface area contributed by atoms with Crippen LogP contribution in [0, 0.1) is 0 Å². The van der Waals surface area contributed by atoms with Crippen LogP contribution in [-0.4, -0.2) is 34.5 Å². The van der Waals surface area contributed by atoms with Crippen molar-refractivity contribution in [2.75, 3.05) is 20.1 Å². The molecular formula is C17H21ClN4O2S. The van der Waals surface area contributed by atoms with Crippen molar-refractivity contribution in [2.45, 2.75) is 11.4 Å². The van der Waals surface area contributed by atoms with Crippen LogP contribution in [0.4, 0.5) is 0 Å². The second-order valence-corrected chi connectivity index (χ2v) is 7.40. The topological polar surface area (TPSA) is 82.6 Å². The van der Waals surface area contributed by atoms with Gasteiger partial charge in [-0.2, -0.15) is 0 Å². The summed E-state index contributed by atoms with van der Waals surface area (Å²) in [7, 11) is -1.91. The highest BCUT2D eigenvalue weighted by Crippen LogP contribution is 2.14. The van der Waals surface area contributed by atoms with Crippen LogP contribution in [0.1, 0.15) is 5.56 Å². The fraction of sp³-hybridized carbons (Fsp3) is 0.235. The molecule has 2 aromatic carbocycles. The molecule has 0 unspecified atom stereocenters. The quantitative estimate of drug-likeness (QED) is 0.389. The minimum Gasteiger partial charge on any atom is -0.355 e. The van der Waals surface area contributed by atoms with E-state index in [1.165, 1.54) is 12.1 Å². The van der Waals surface area contributed by atoms with Crippen molar-refractivity contribution in [1.29, 1.82) is 0 Å². The predicted octanol–water partition coefficient (Wildman–Crippen LogP) is 1.98. The van der Waals surface area contributed by atoms with Crippen LogP contribution in [0.25, 0.3) is 0 Å². The number of sulfonamides is 1. The average molecular weight is 381 g/mol. The zero-order valence-corrected chi connectivity index (χ0v) is 15.4. The smallest absolute Gasteiger partial charge is 0.240 e. The molecule has 0 aliphatic heterocycles. The van der Waals surface area contributed by atoms with E-state index < -0.39 is 10.0 Å². The average Bonchev–Trinajstić information content (AvgIpc) is 2.62. The van der Waals surface area contributed by atoms with E-state index in [-0.39, 0.29) is 11.4 Å². The van der Waals surface area contributed by atoms with E-state index in [0.29, 0.717) is 24.1 Å². The van der Waals surface area contributed by atoms with Gasteiger partial charge in [-0.25, -0.2) is 13.1 Å². The van der Waals surface area contributed by atoms with Gasteiger partial charge >= 0.3 is 0 Å². The molecule has 0 saturated heterocycles. The molecule has 6 nitrogen and oxygen atoms in total. The van der Waals surface area contributed by atoms with Gasteiger partial charge in [-0.05, 0) is 23.8 Å². The highest BCUT2D eigenvalue weighted by molar-refractivity contribution is 7.89. The van der Waals surface area contributed by atoms with Gasteiger partial charge in [-0.3, -0.25) is 4.99 Å². The fourth-order valence-electron chi connectivity index (χ4n) is 2.09. The summed E-state index contributed by atoms with van der Waals surface area (Å²) in [6.45, 7) is 1.25. The van der Waals surface area contributed by atoms with Gasteiger partial charge in [-0.15, -0.1) is 0 Å². The Bertz CT molecular complexity index is 810. The van der Waals surface area contributed by atoms with Gasteiger partial charge in [-0.1, -0.05) is 48.0 Å². The van der Waals surface area contributed by atoms with Crippen LogP contribution < -0.4 is 15.4 Å². The zero-order valence-electron chi connectivity index (χ0n) is 13.9. The Balaban J connectivity index is 1.77. The monoisotopic (exact) mass is 380 g/mol. The molecule has 2 rings (SSSR count). The van der Waals surface area contributed by atoms with Gasteiger partial charge in [0.05, 0.1) is 4.90 Å². The van der Waals surface area contributed by atoms with Crippen molar-refractivity contribution >= 4 is 27.6 Å². The molecule has 0 bridgehead atoms. The van der Waals surface area contributed by atoms with Gasteiger partial charge < -0.3 is 10.6 Å². The van der Waals surface area contributed by atoms with E-state index in [1.54, 1.807) is 19.2 Å². The number of guanidine groups is 1. The molecule has 0 spiro atoms. The molecule has 25 heavy (non-hydrogen) atoms. The van der Waals surface area contributed by atoms with Crippen molar-refractivity contribution in [3.8, 4) is 0 Å². The first kappa shape index (κ1) is 19.2. The van der Waals surface area contributed by atoms with Crippen molar-refractivity contribution in [1.82, 2.24) is 15.4 Å². The lowest BCUT2D eigenvalue weighted by atomic mass is 10.2. The standard InChI is InChI=1S/C17H21ClN4O2S/c1-19-17(21-13-14-6-3-2-4-7-14)20-10-11-22-25(23,24)16-9-5-8-15(18)12-16/h2-9,12,22H,10-11,13H2,1H3,(H2,19,20,21). The molecule has 0 heterocycles. The number of aliphatic imine (C=N–C) groups is 1. The zero-order chi connectivity index (χ0) is 18.1. The van der Waals surface area contributed by atoms with E-state index in [9.17, 15) is 8.42 Å². The number of benzene rings is 2. The van der Waals surface area contributed by atoms with Crippen molar-refractivity contribution in [2.24, 2.45) is 4.99 Å². The molecule has 0 radical (unpaired) electrons. The van der Waals surface area contributed by atoms with Crippen LogP contribution in [0.5, 0.6) is 0 Å². The summed E-state index contributed by atoms with van der Waals surface area (Å²) in [4.78, 5) is 4.25. The summed E-state index contributed by atoms with van der Waals surface area (Å²) < 4.78 is 26.9. The summed E-state index contributed by atoms with van der Waals surface area (Å²) in [5.41, 5.74) is 1.13. The molecule has 0 aromatic heterocycles. The Labute approximate surface area is 153 Å². The van der Waals surface area contributed by atoms with E-state index in [0.717, 1.165) is 5.56 Å². The van der Waals surface area contributed by atoms with Gasteiger partial charge in [0, 0.05) is 31.7 Å². The lowest BCUT2D eigenvalue weighted by Gasteiger charge is -2.12. The highest BCUT2D eigenvalue weighted by Gasteiger charge is 2.13. The predicted molar refractivity (Wildman–Crippen MR) is 101 cm³/mol. The van der Waals surface area contributed by atoms with Crippen LogP contribution in [0.3, 0.4) is 0 Å². The third-order valence-corrected chi connectivity index (χ3v) is 5.04. The Hall–Kier alpha value is -2.09. The molecule has 8 heteroatoms. The lowest BCUT2D eigenvalue weighted by molar-refractivity contribution is 0.580. The number of nitrogens with zero attached hydrogens (tertiary/aromatic N) is 1. The number of hydrogen-bond acceptors (Lipinski definition) is 3. The molecule has 0 amide bonds. The minimum atomic E-state index is -3.58. The number of hydrogen-bond donors (Lipinski definition) is 3. The molecule has 0 aliphatic rings. The third-order valence-electron chi connectivity index (χ3n) is 3.34. The normalized spacial score (nSPS) is 12.0. The Morgan fingerprint density at radius 3 is 2.48 bits per heavy atom. The first-order valence-electron chi connectivity index (χ1n) is 7.75. The Kier molecular flexibility index (Phi) is 7.24. The largest absolute Gasteiger partial charge is 0.355 e. The molecule has 0 saturated carbocycles. The lowest BCUT2D eigenvalue weighted by Crippen LogP contribution is -2.41. The molecule has 3 N–H and O–H groups in total. The summed E-state index contributed by atoms with van der Waals surface area (Å²) in [6.07, 6.45) is 0. The van der Waals surface area contributed by atoms with Gasteiger partial charge in [0.2, 0.25) is 10.0 Å². The van der Waals surface area contributed by atoms with E-state index in [2.05, 4.69) is 20.3 Å². The first-order valence-corrected chi connectivity index (χ1v) is 9.61. The summed E-state index contributed by atoms with van der Waals surface area (Å²) >= 11 is 5.83. The van der Waals surface area contributed by atoms with Crippen molar-refractivity contribution in [3.63, 3.8) is 0 Å². The number of halogens is 1. The number of nitrogens with one attached hydrogen (secondary N) is 3. The van der Waals surface area contributed by atoms with E-state index >= 15 is 0 Å². The van der Waals surface area contributed by atoms with E-state index in [4.69, 9.17) is 11.6 Å². The molecule has 2 aromatic rings. The molecule has 0 fully saturated rings. The second kappa shape index (κ2) is 9.41. The summed E-state index contributed by atoms with van der Waals surface area (Å²) in [5, 5.41) is 6.61.